The predicted molar refractivity (Wildman–Crippen MR) is 72.4 cm³/mol. The van der Waals surface area contributed by atoms with Gasteiger partial charge in [-0.05, 0) is 26.8 Å². The third-order valence-corrected chi connectivity index (χ3v) is 2.60. The molecule has 4 heteroatoms. The molecule has 0 heterocycles. The molecule has 0 unspecified atom stereocenters. The molecule has 1 aromatic carbocycles. The van der Waals surface area contributed by atoms with Crippen molar-refractivity contribution in [2.45, 2.75) is 38.8 Å². The number of para-hydroxylation sites is 1. The van der Waals surface area contributed by atoms with Gasteiger partial charge < -0.3 is 15.8 Å². The number of carbonyl (C=O) groups excluding carboxylic acids is 1. The summed E-state index contributed by atoms with van der Waals surface area (Å²) in [5, 5.41) is 2.93. The molecule has 0 saturated heterocycles. The number of rotatable bonds is 5. The van der Waals surface area contributed by atoms with E-state index in [2.05, 4.69) is 5.32 Å². The monoisotopic (exact) mass is 250 g/mol. The molecule has 3 N–H and O–H groups in total. The molecule has 1 rings (SSSR count). The van der Waals surface area contributed by atoms with Gasteiger partial charge in [0.05, 0.1) is 13.2 Å². The minimum absolute atomic E-state index is 0.0547. The van der Waals surface area contributed by atoms with Crippen LogP contribution < -0.4 is 15.8 Å². The van der Waals surface area contributed by atoms with E-state index in [9.17, 15) is 4.79 Å². The molecule has 0 saturated carbocycles. The molecule has 100 valence electrons. The van der Waals surface area contributed by atoms with Gasteiger partial charge in [0, 0.05) is 17.5 Å². The first-order valence-electron chi connectivity index (χ1n) is 6.04. The standard InChI is InChI=1S/C14H22N2O2/c1-10(16-13(17)9-14(2,3)15)11-7-5-6-8-12(11)18-4/h5-8,10H,9,15H2,1-4H3,(H,16,17)/t10-/m0/s1. The van der Waals surface area contributed by atoms with Crippen molar-refractivity contribution in [2.24, 2.45) is 5.73 Å². The Labute approximate surface area is 109 Å². The van der Waals surface area contributed by atoms with Crippen LogP contribution in [-0.4, -0.2) is 18.6 Å². The van der Waals surface area contributed by atoms with Crippen LogP contribution >= 0.6 is 0 Å². The third kappa shape index (κ3) is 4.37. The highest BCUT2D eigenvalue weighted by molar-refractivity contribution is 5.77. The number of nitrogens with one attached hydrogen (secondary N) is 1. The summed E-state index contributed by atoms with van der Waals surface area (Å²) in [5.41, 5.74) is 6.29. The van der Waals surface area contributed by atoms with Crippen LogP contribution in [0.4, 0.5) is 0 Å². The lowest BCUT2D eigenvalue weighted by molar-refractivity contribution is -0.122. The van der Waals surface area contributed by atoms with Crippen molar-refractivity contribution in [3.8, 4) is 5.75 Å². The Morgan fingerprint density at radius 2 is 2.06 bits per heavy atom. The molecular weight excluding hydrogens is 228 g/mol. The summed E-state index contributed by atoms with van der Waals surface area (Å²) in [6.45, 7) is 5.60. The fraction of sp³-hybridized carbons (Fsp3) is 0.500. The van der Waals surface area contributed by atoms with E-state index in [4.69, 9.17) is 10.5 Å². The normalized spacial score (nSPS) is 12.9. The molecule has 0 aliphatic carbocycles. The maximum Gasteiger partial charge on any atom is 0.222 e. The lowest BCUT2D eigenvalue weighted by atomic mass is 10.0. The second-order valence-electron chi connectivity index (χ2n) is 5.20. The Balaban J connectivity index is 2.70. The van der Waals surface area contributed by atoms with E-state index < -0.39 is 5.54 Å². The molecule has 0 bridgehead atoms. The van der Waals surface area contributed by atoms with E-state index >= 15 is 0 Å². The largest absolute Gasteiger partial charge is 0.496 e. The van der Waals surface area contributed by atoms with Gasteiger partial charge in [0.2, 0.25) is 5.91 Å². The van der Waals surface area contributed by atoms with Crippen LogP contribution in [-0.2, 0) is 4.79 Å². The Bertz CT molecular complexity index is 411. The molecule has 1 atom stereocenters. The Morgan fingerprint density at radius 3 is 2.61 bits per heavy atom. The number of carbonyl (C=O) groups is 1. The fourth-order valence-corrected chi connectivity index (χ4v) is 1.81. The third-order valence-electron chi connectivity index (χ3n) is 2.60. The number of methoxy groups -OCH3 is 1. The zero-order chi connectivity index (χ0) is 13.8. The van der Waals surface area contributed by atoms with E-state index in [1.165, 1.54) is 0 Å². The second-order valence-corrected chi connectivity index (χ2v) is 5.20. The Morgan fingerprint density at radius 1 is 1.44 bits per heavy atom. The van der Waals surface area contributed by atoms with Crippen LogP contribution in [0.1, 0.15) is 38.8 Å². The van der Waals surface area contributed by atoms with Crippen molar-refractivity contribution in [3.05, 3.63) is 29.8 Å². The molecular formula is C14H22N2O2. The van der Waals surface area contributed by atoms with Gasteiger partial charge in [0.15, 0.2) is 0 Å². The average Bonchev–Trinajstić information content (AvgIpc) is 2.26. The van der Waals surface area contributed by atoms with Gasteiger partial charge in [-0.25, -0.2) is 0 Å². The van der Waals surface area contributed by atoms with Crippen LogP contribution in [0.5, 0.6) is 5.75 Å². The van der Waals surface area contributed by atoms with Crippen molar-refractivity contribution in [1.82, 2.24) is 5.32 Å². The molecule has 0 aliphatic rings. The number of hydrogen-bond donors (Lipinski definition) is 2. The van der Waals surface area contributed by atoms with E-state index in [0.29, 0.717) is 6.42 Å². The quantitative estimate of drug-likeness (QED) is 0.840. The molecule has 0 radical (unpaired) electrons. The minimum Gasteiger partial charge on any atom is -0.496 e. The zero-order valence-electron chi connectivity index (χ0n) is 11.5. The van der Waals surface area contributed by atoms with Crippen molar-refractivity contribution in [2.75, 3.05) is 7.11 Å². The summed E-state index contributed by atoms with van der Waals surface area (Å²) in [5.74, 6) is 0.721. The lowest BCUT2D eigenvalue weighted by Crippen LogP contribution is -2.39. The van der Waals surface area contributed by atoms with E-state index in [1.807, 2.05) is 45.0 Å². The maximum atomic E-state index is 11.8. The van der Waals surface area contributed by atoms with Gasteiger partial charge >= 0.3 is 0 Å². The van der Waals surface area contributed by atoms with Crippen LogP contribution in [0.2, 0.25) is 0 Å². The van der Waals surface area contributed by atoms with E-state index in [-0.39, 0.29) is 11.9 Å². The summed E-state index contributed by atoms with van der Waals surface area (Å²) < 4.78 is 5.27. The highest BCUT2D eigenvalue weighted by Gasteiger charge is 2.19. The molecule has 0 aromatic heterocycles. The molecule has 1 amide bonds. The summed E-state index contributed by atoms with van der Waals surface area (Å²) >= 11 is 0. The van der Waals surface area contributed by atoms with Crippen molar-refractivity contribution < 1.29 is 9.53 Å². The average molecular weight is 250 g/mol. The number of amides is 1. The van der Waals surface area contributed by atoms with Crippen molar-refractivity contribution in [1.29, 1.82) is 0 Å². The van der Waals surface area contributed by atoms with Crippen molar-refractivity contribution in [3.63, 3.8) is 0 Å². The summed E-state index contributed by atoms with van der Waals surface area (Å²) in [6.07, 6.45) is 0.298. The van der Waals surface area contributed by atoms with Crippen LogP contribution in [0.25, 0.3) is 0 Å². The predicted octanol–water partition coefficient (Wildman–Crippen LogP) is 2.00. The summed E-state index contributed by atoms with van der Waals surface area (Å²) in [7, 11) is 1.62. The smallest absolute Gasteiger partial charge is 0.222 e. The van der Waals surface area contributed by atoms with Gasteiger partial charge in [-0.15, -0.1) is 0 Å². The molecule has 18 heavy (non-hydrogen) atoms. The second kappa shape index (κ2) is 5.87. The van der Waals surface area contributed by atoms with Gasteiger partial charge in [-0.2, -0.15) is 0 Å². The minimum atomic E-state index is -0.495. The first-order chi connectivity index (χ1) is 8.33. The summed E-state index contributed by atoms with van der Waals surface area (Å²) in [6, 6.07) is 7.55. The number of hydrogen-bond acceptors (Lipinski definition) is 3. The topological polar surface area (TPSA) is 64.3 Å². The van der Waals surface area contributed by atoms with Gasteiger partial charge in [0.25, 0.3) is 0 Å². The SMILES string of the molecule is COc1ccccc1[C@H](C)NC(=O)CC(C)(C)N. The number of benzene rings is 1. The van der Waals surface area contributed by atoms with Crippen molar-refractivity contribution >= 4 is 5.91 Å². The van der Waals surface area contributed by atoms with E-state index in [0.717, 1.165) is 11.3 Å². The zero-order valence-corrected chi connectivity index (χ0v) is 11.5. The molecule has 0 spiro atoms. The van der Waals surface area contributed by atoms with Crippen LogP contribution in [0.15, 0.2) is 24.3 Å². The van der Waals surface area contributed by atoms with Crippen LogP contribution in [0, 0.1) is 0 Å². The molecule has 0 fully saturated rings. The summed E-state index contributed by atoms with van der Waals surface area (Å²) in [4.78, 5) is 11.8. The number of nitrogens with two attached hydrogens (primary N) is 1. The first-order valence-corrected chi connectivity index (χ1v) is 6.04. The van der Waals surface area contributed by atoms with E-state index in [1.54, 1.807) is 7.11 Å². The Kier molecular flexibility index (Phi) is 4.73. The lowest BCUT2D eigenvalue weighted by Gasteiger charge is -2.21. The van der Waals surface area contributed by atoms with Gasteiger partial charge in [0.1, 0.15) is 5.75 Å². The highest BCUT2D eigenvalue weighted by Crippen LogP contribution is 2.24. The first kappa shape index (κ1) is 14.5. The maximum absolute atomic E-state index is 11.8. The fourth-order valence-electron chi connectivity index (χ4n) is 1.81. The number of ether oxygens (including phenoxy) is 1. The highest BCUT2D eigenvalue weighted by atomic mass is 16.5. The molecule has 1 aromatic rings. The Hall–Kier alpha value is -1.55. The van der Waals surface area contributed by atoms with Crippen LogP contribution in [0.3, 0.4) is 0 Å². The van der Waals surface area contributed by atoms with Gasteiger partial charge in [-0.3, -0.25) is 4.79 Å². The van der Waals surface area contributed by atoms with Gasteiger partial charge in [-0.1, -0.05) is 18.2 Å². The molecule has 4 nitrogen and oxygen atoms in total. The molecule has 0 aliphatic heterocycles.